The van der Waals surface area contributed by atoms with Crippen LogP contribution in [0.25, 0.3) is 11.0 Å². The van der Waals surface area contributed by atoms with Gasteiger partial charge in [0, 0.05) is 0 Å². The van der Waals surface area contributed by atoms with Gasteiger partial charge in [-0.2, -0.15) is 8.75 Å². The van der Waals surface area contributed by atoms with Gasteiger partial charge in [-0.15, -0.1) is 0 Å². The van der Waals surface area contributed by atoms with E-state index in [0.717, 1.165) is 34.0 Å². The number of aryl methyl sites for hydroxylation is 1. The van der Waals surface area contributed by atoms with Gasteiger partial charge in [0.15, 0.2) is 5.11 Å². The summed E-state index contributed by atoms with van der Waals surface area (Å²) in [5.74, 6) is 0.144. The molecule has 122 valence electrons. The molecule has 3 aromatic rings. The fourth-order valence-corrected chi connectivity index (χ4v) is 2.99. The van der Waals surface area contributed by atoms with E-state index in [0.29, 0.717) is 11.3 Å². The molecule has 0 atom stereocenters. The molecular weight excluding hydrogens is 344 g/mol. The van der Waals surface area contributed by atoms with E-state index in [1.165, 1.54) is 7.11 Å². The van der Waals surface area contributed by atoms with Gasteiger partial charge in [0.2, 0.25) is 0 Å². The maximum Gasteiger partial charge on any atom is 0.261 e. The Morgan fingerprint density at radius 1 is 1.21 bits per heavy atom. The van der Waals surface area contributed by atoms with Crippen LogP contribution in [0.3, 0.4) is 0 Å². The van der Waals surface area contributed by atoms with Gasteiger partial charge < -0.3 is 10.1 Å². The van der Waals surface area contributed by atoms with E-state index in [4.69, 9.17) is 17.0 Å². The van der Waals surface area contributed by atoms with E-state index < -0.39 is 0 Å². The van der Waals surface area contributed by atoms with Crippen molar-refractivity contribution in [2.75, 3.05) is 12.4 Å². The SMILES string of the molecule is COc1ccccc1C(=O)NC(=S)Nc1c(C)ccc2nsnc12. The first-order chi connectivity index (χ1) is 11.6. The van der Waals surface area contributed by atoms with E-state index in [2.05, 4.69) is 19.4 Å². The number of methoxy groups -OCH3 is 1. The summed E-state index contributed by atoms with van der Waals surface area (Å²) in [6, 6.07) is 10.8. The Kier molecular flexibility index (Phi) is 4.68. The molecule has 6 nitrogen and oxygen atoms in total. The van der Waals surface area contributed by atoms with Crippen molar-refractivity contribution in [3.8, 4) is 5.75 Å². The summed E-state index contributed by atoms with van der Waals surface area (Å²) in [6.45, 7) is 1.94. The lowest BCUT2D eigenvalue weighted by Crippen LogP contribution is -2.34. The third-order valence-electron chi connectivity index (χ3n) is 3.45. The molecule has 1 amide bonds. The van der Waals surface area contributed by atoms with E-state index in [1.54, 1.807) is 24.3 Å². The second-order valence-electron chi connectivity index (χ2n) is 5.00. The van der Waals surface area contributed by atoms with Crippen molar-refractivity contribution in [3.05, 3.63) is 47.5 Å². The van der Waals surface area contributed by atoms with Gasteiger partial charge in [0.1, 0.15) is 16.8 Å². The molecule has 8 heteroatoms. The number of amides is 1. The lowest BCUT2D eigenvalue weighted by Gasteiger charge is -2.13. The molecule has 0 saturated heterocycles. The number of hydrogen-bond donors (Lipinski definition) is 2. The first-order valence-corrected chi connectivity index (χ1v) is 8.21. The summed E-state index contributed by atoms with van der Waals surface area (Å²) >= 11 is 6.39. The molecule has 1 heterocycles. The minimum atomic E-state index is -0.341. The molecule has 2 N–H and O–H groups in total. The fourth-order valence-electron chi connectivity index (χ4n) is 2.26. The fraction of sp³-hybridized carbons (Fsp3) is 0.125. The zero-order chi connectivity index (χ0) is 17.1. The second-order valence-corrected chi connectivity index (χ2v) is 5.93. The lowest BCUT2D eigenvalue weighted by atomic mass is 10.1. The molecule has 0 aliphatic carbocycles. The Hall–Kier alpha value is -2.58. The van der Waals surface area contributed by atoms with Gasteiger partial charge in [0.05, 0.1) is 30.1 Å². The molecule has 0 aliphatic heterocycles. The molecule has 0 radical (unpaired) electrons. The summed E-state index contributed by atoms with van der Waals surface area (Å²) < 4.78 is 13.7. The second kappa shape index (κ2) is 6.90. The number of benzene rings is 2. The highest BCUT2D eigenvalue weighted by Crippen LogP contribution is 2.25. The number of ether oxygens (including phenoxy) is 1. The van der Waals surface area contributed by atoms with Crippen LogP contribution in [0.15, 0.2) is 36.4 Å². The highest BCUT2D eigenvalue weighted by Gasteiger charge is 2.15. The quantitative estimate of drug-likeness (QED) is 0.701. The Morgan fingerprint density at radius 3 is 2.79 bits per heavy atom. The highest BCUT2D eigenvalue weighted by molar-refractivity contribution is 7.80. The van der Waals surface area contributed by atoms with Gasteiger partial charge >= 0.3 is 0 Å². The number of thiocarbonyl (C=S) groups is 1. The first kappa shape index (κ1) is 16.3. The number of para-hydroxylation sites is 1. The average Bonchev–Trinajstić information content (AvgIpc) is 3.06. The molecule has 3 rings (SSSR count). The minimum Gasteiger partial charge on any atom is -0.496 e. The molecule has 24 heavy (non-hydrogen) atoms. The molecule has 1 aromatic heterocycles. The van der Waals surface area contributed by atoms with Crippen molar-refractivity contribution < 1.29 is 9.53 Å². The highest BCUT2D eigenvalue weighted by atomic mass is 32.1. The number of carbonyl (C=O) groups excluding carboxylic acids is 1. The first-order valence-electron chi connectivity index (χ1n) is 7.07. The molecule has 0 spiro atoms. The number of nitrogens with one attached hydrogen (secondary N) is 2. The van der Waals surface area contributed by atoms with Crippen LogP contribution in [-0.2, 0) is 0 Å². The van der Waals surface area contributed by atoms with Crippen LogP contribution < -0.4 is 15.4 Å². The zero-order valence-electron chi connectivity index (χ0n) is 13.0. The number of anilines is 1. The van der Waals surface area contributed by atoms with Crippen molar-refractivity contribution in [1.29, 1.82) is 0 Å². The topological polar surface area (TPSA) is 76.1 Å². The molecular formula is C16H14N4O2S2. The third-order valence-corrected chi connectivity index (χ3v) is 4.20. The molecule has 0 unspecified atom stereocenters. The van der Waals surface area contributed by atoms with Gasteiger partial charge in [-0.1, -0.05) is 18.2 Å². The Morgan fingerprint density at radius 2 is 2.00 bits per heavy atom. The Labute approximate surface area is 148 Å². The van der Waals surface area contributed by atoms with Crippen LogP contribution in [0.4, 0.5) is 5.69 Å². The molecule has 0 fully saturated rings. The Balaban J connectivity index is 1.79. The van der Waals surface area contributed by atoms with Crippen LogP contribution in [0.2, 0.25) is 0 Å². The van der Waals surface area contributed by atoms with Crippen molar-refractivity contribution >= 4 is 51.7 Å². The van der Waals surface area contributed by atoms with Crippen LogP contribution in [0.5, 0.6) is 5.75 Å². The molecule has 0 bridgehead atoms. The minimum absolute atomic E-state index is 0.189. The summed E-state index contributed by atoms with van der Waals surface area (Å²) in [7, 11) is 1.52. The number of rotatable bonds is 3. The predicted molar refractivity (Wildman–Crippen MR) is 98.8 cm³/mol. The summed E-state index contributed by atoms with van der Waals surface area (Å²) in [6.07, 6.45) is 0. The third kappa shape index (κ3) is 3.19. The van der Waals surface area contributed by atoms with Crippen molar-refractivity contribution in [2.45, 2.75) is 6.92 Å². The summed E-state index contributed by atoms with van der Waals surface area (Å²) in [4.78, 5) is 12.4. The summed E-state index contributed by atoms with van der Waals surface area (Å²) in [5, 5.41) is 5.89. The number of nitrogens with zero attached hydrogens (tertiary/aromatic N) is 2. The van der Waals surface area contributed by atoms with Crippen LogP contribution >= 0.6 is 23.9 Å². The number of hydrogen-bond acceptors (Lipinski definition) is 6. The molecule has 0 saturated carbocycles. The monoisotopic (exact) mass is 358 g/mol. The van der Waals surface area contributed by atoms with Crippen molar-refractivity contribution in [2.24, 2.45) is 0 Å². The van der Waals surface area contributed by atoms with Crippen molar-refractivity contribution in [3.63, 3.8) is 0 Å². The van der Waals surface area contributed by atoms with E-state index in [9.17, 15) is 4.79 Å². The molecule has 2 aromatic carbocycles. The van der Waals surface area contributed by atoms with Gasteiger partial charge in [0.25, 0.3) is 5.91 Å². The van der Waals surface area contributed by atoms with E-state index in [-0.39, 0.29) is 11.0 Å². The van der Waals surface area contributed by atoms with E-state index >= 15 is 0 Å². The van der Waals surface area contributed by atoms with Gasteiger partial charge in [-0.05, 0) is 42.9 Å². The smallest absolute Gasteiger partial charge is 0.261 e. The average molecular weight is 358 g/mol. The molecule has 0 aliphatic rings. The van der Waals surface area contributed by atoms with Crippen LogP contribution in [0, 0.1) is 6.92 Å². The normalized spacial score (nSPS) is 10.4. The number of fused-ring (bicyclic) bond motifs is 1. The van der Waals surface area contributed by atoms with Gasteiger partial charge in [-0.3, -0.25) is 10.1 Å². The largest absolute Gasteiger partial charge is 0.496 e. The van der Waals surface area contributed by atoms with Crippen molar-refractivity contribution in [1.82, 2.24) is 14.1 Å². The van der Waals surface area contributed by atoms with Gasteiger partial charge in [-0.25, -0.2) is 0 Å². The Bertz CT molecular complexity index is 923. The maximum atomic E-state index is 12.4. The zero-order valence-corrected chi connectivity index (χ0v) is 14.6. The number of aromatic nitrogens is 2. The van der Waals surface area contributed by atoms with E-state index in [1.807, 2.05) is 19.1 Å². The number of carbonyl (C=O) groups is 1. The lowest BCUT2D eigenvalue weighted by molar-refractivity contribution is 0.0975. The summed E-state index contributed by atoms with van der Waals surface area (Å²) in [5.41, 5.74) is 3.63. The predicted octanol–water partition coefficient (Wildman–Crippen LogP) is 3.14. The maximum absolute atomic E-state index is 12.4. The van der Waals surface area contributed by atoms with Crippen LogP contribution in [0.1, 0.15) is 15.9 Å². The standard InChI is InChI=1S/C16H14N4O2S2/c1-9-7-8-11-14(20-24-19-11)13(9)17-16(23)18-15(21)10-5-3-4-6-12(10)22-2/h3-8H,1-2H3,(H2,17,18,21,23). The van der Waals surface area contributed by atoms with Crippen LogP contribution in [-0.4, -0.2) is 26.9 Å².